The van der Waals surface area contributed by atoms with Crippen molar-refractivity contribution in [1.29, 1.82) is 0 Å². The fourth-order valence-corrected chi connectivity index (χ4v) is 3.27. The number of nitrogens with zero attached hydrogens (tertiary/aromatic N) is 1. The predicted octanol–water partition coefficient (Wildman–Crippen LogP) is 2.53. The lowest BCUT2D eigenvalue weighted by Crippen LogP contribution is -2.41. The molecule has 1 atom stereocenters. The topological polar surface area (TPSA) is 29.3 Å². The Kier molecular flexibility index (Phi) is 4.00. The van der Waals surface area contributed by atoms with Crippen LogP contribution in [0.4, 0.5) is 5.69 Å². The van der Waals surface area contributed by atoms with Gasteiger partial charge in [0.05, 0.1) is 0 Å². The van der Waals surface area contributed by atoms with Crippen LogP contribution in [0.2, 0.25) is 5.02 Å². The van der Waals surface area contributed by atoms with Crippen LogP contribution in [0.1, 0.15) is 5.56 Å². The van der Waals surface area contributed by atoms with Crippen LogP contribution in [0.5, 0.6) is 0 Å². The second-order valence-electron chi connectivity index (χ2n) is 4.06. The van der Waals surface area contributed by atoms with Gasteiger partial charge in [0, 0.05) is 41.3 Å². The molecule has 4 heteroatoms. The molecule has 1 aromatic rings. The Bertz CT molecular complexity index is 370. The van der Waals surface area contributed by atoms with Crippen LogP contribution in [0.15, 0.2) is 18.2 Å². The number of anilines is 1. The van der Waals surface area contributed by atoms with E-state index in [4.69, 9.17) is 17.3 Å². The highest BCUT2D eigenvalue weighted by Crippen LogP contribution is 2.29. The van der Waals surface area contributed by atoms with E-state index in [1.807, 2.05) is 23.9 Å². The van der Waals surface area contributed by atoms with Crippen LogP contribution >= 0.6 is 23.4 Å². The summed E-state index contributed by atoms with van der Waals surface area (Å²) in [4.78, 5) is 2.40. The summed E-state index contributed by atoms with van der Waals surface area (Å²) in [5.41, 5.74) is 8.17. The molecule has 2 N–H and O–H groups in total. The highest BCUT2D eigenvalue weighted by atomic mass is 35.5. The zero-order valence-electron chi connectivity index (χ0n) is 9.45. The Morgan fingerprint density at radius 2 is 2.38 bits per heavy atom. The van der Waals surface area contributed by atoms with Gasteiger partial charge in [-0.15, -0.1) is 0 Å². The second-order valence-corrected chi connectivity index (χ2v) is 5.87. The van der Waals surface area contributed by atoms with Crippen molar-refractivity contribution in [1.82, 2.24) is 0 Å². The molecule has 0 radical (unpaired) electrons. The van der Waals surface area contributed by atoms with Gasteiger partial charge in [0.15, 0.2) is 0 Å². The van der Waals surface area contributed by atoms with Gasteiger partial charge in [-0.25, -0.2) is 0 Å². The Balaban J connectivity index is 2.20. The molecule has 1 fully saturated rings. The lowest BCUT2D eigenvalue weighted by Gasteiger charge is -2.34. The molecule has 0 aromatic heterocycles. The molecule has 1 saturated heterocycles. The lowest BCUT2D eigenvalue weighted by atomic mass is 10.1. The highest BCUT2D eigenvalue weighted by molar-refractivity contribution is 8.00. The minimum Gasteiger partial charge on any atom is -0.369 e. The average Bonchev–Trinajstić information content (AvgIpc) is 2.33. The largest absolute Gasteiger partial charge is 0.369 e. The van der Waals surface area contributed by atoms with Gasteiger partial charge in [-0.2, -0.15) is 11.8 Å². The molecule has 1 heterocycles. The van der Waals surface area contributed by atoms with E-state index in [0.717, 1.165) is 30.4 Å². The van der Waals surface area contributed by atoms with Crippen LogP contribution in [-0.2, 0) is 0 Å². The molecule has 16 heavy (non-hydrogen) atoms. The van der Waals surface area contributed by atoms with E-state index in [2.05, 4.69) is 17.9 Å². The first-order valence-electron chi connectivity index (χ1n) is 5.54. The van der Waals surface area contributed by atoms with Crippen molar-refractivity contribution in [3.63, 3.8) is 0 Å². The molecule has 2 rings (SSSR count). The van der Waals surface area contributed by atoms with E-state index in [1.165, 1.54) is 11.3 Å². The van der Waals surface area contributed by atoms with Gasteiger partial charge in [-0.3, -0.25) is 0 Å². The predicted molar refractivity (Wildman–Crippen MR) is 73.7 cm³/mol. The third-order valence-electron chi connectivity index (χ3n) is 2.98. The van der Waals surface area contributed by atoms with Crippen LogP contribution in [0, 0.1) is 6.92 Å². The zero-order chi connectivity index (χ0) is 11.5. The first kappa shape index (κ1) is 12.1. The molecule has 0 bridgehead atoms. The summed E-state index contributed by atoms with van der Waals surface area (Å²) in [7, 11) is 0. The van der Waals surface area contributed by atoms with Crippen molar-refractivity contribution >= 4 is 29.1 Å². The van der Waals surface area contributed by atoms with Crippen molar-refractivity contribution in [2.24, 2.45) is 5.73 Å². The Hall–Kier alpha value is -0.380. The first-order valence-corrected chi connectivity index (χ1v) is 6.96. The zero-order valence-corrected chi connectivity index (χ0v) is 11.0. The average molecular weight is 257 g/mol. The molecule has 88 valence electrons. The van der Waals surface area contributed by atoms with Crippen LogP contribution in [0.3, 0.4) is 0 Å². The number of halogens is 1. The molecule has 0 aliphatic carbocycles. The van der Waals surface area contributed by atoms with Crippen molar-refractivity contribution in [3.05, 3.63) is 28.8 Å². The number of nitrogens with two attached hydrogens (primary N) is 1. The Labute approximate surface area is 106 Å². The van der Waals surface area contributed by atoms with Crippen LogP contribution < -0.4 is 10.6 Å². The molecule has 0 saturated carbocycles. The molecule has 0 spiro atoms. The minimum absolute atomic E-state index is 0.548. The van der Waals surface area contributed by atoms with Crippen LogP contribution in [-0.4, -0.2) is 30.6 Å². The molecule has 1 aromatic carbocycles. The summed E-state index contributed by atoms with van der Waals surface area (Å²) in [5, 5.41) is 1.40. The molecular formula is C12H17ClN2S. The van der Waals surface area contributed by atoms with Crippen LogP contribution in [0.25, 0.3) is 0 Å². The lowest BCUT2D eigenvalue weighted by molar-refractivity contribution is 0.747. The maximum absolute atomic E-state index is 6.15. The number of hydrogen-bond acceptors (Lipinski definition) is 3. The smallest absolute Gasteiger partial charge is 0.0455 e. The molecule has 0 amide bonds. The fourth-order valence-electron chi connectivity index (χ4n) is 2.02. The summed E-state index contributed by atoms with van der Waals surface area (Å²) in [5.74, 6) is 1.15. The maximum Gasteiger partial charge on any atom is 0.0455 e. The molecule has 1 aliphatic heterocycles. The SMILES string of the molecule is Cc1c(Cl)cccc1N1CCSC(CN)C1. The van der Waals surface area contributed by atoms with Gasteiger partial charge in [-0.05, 0) is 24.6 Å². The van der Waals surface area contributed by atoms with E-state index in [9.17, 15) is 0 Å². The minimum atomic E-state index is 0.548. The summed E-state index contributed by atoms with van der Waals surface area (Å²) < 4.78 is 0. The van der Waals surface area contributed by atoms with E-state index in [1.54, 1.807) is 0 Å². The third kappa shape index (κ3) is 2.47. The van der Waals surface area contributed by atoms with Crippen molar-refractivity contribution in [2.75, 3.05) is 30.3 Å². The van der Waals surface area contributed by atoms with Gasteiger partial charge in [0.1, 0.15) is 0 Å². The van der Waals surface area contributed by atoms with Crippen molar-refractivity contribution in [3.8, 4) is 0 Å². The van der Waals surface area contributed by atoms with Gasteiger partial charge in [0.25, 0.3) is 0 Å². The molecule has 1 aliphatic rings. The van der Waals surface area contributed by atoms with Crippen molar-refractivity contribution in [2.45, 2.75) is 12.2 Å². The third-order valence-corrected chi connectivity index (χ3v) is 4.62. The number of hydrogen-bond donors (Lipinski definition) is 1. The van der Waals surface area contributed by atoms with Gasteiger partial charge >= 0.3 is 0 Å². The summed E-state index contributed by atoms with van der Waals surface area (Å²) in [6.07, 6.45) is 0. The number of benzene rings is 1. The standard InChI is InChI=1S/C12H17ClN2S/c1-9-11(13)3-2-4-12(9)15-5-6-16-10(7-14)8-15/h2-4,10H,5-8,14H2,1H3. The van der Waals surface area contributed by atoms with E-state index in [0.29, 0.717) is 5.25 Å². The van der Waals surface area contributed by atoms with E-state index < -0.39 is 0 Å². The summed E-state index contributed by atoms with van der Waals surface area (Å²) in [6.45, 7) is 4.95. The Morgan fingerprint density at radius 1 is 1.56 bits per heavy atom. The summed E-state index contributed by atoms with van der Waals surface area (Å²) in [6, 6.07) is 6.11. The summed E-state index contributed by atoms with van der Waals surface area (Å²) >= 11 is 8.12. The molecule has 2 nitrogen and oxygen atoms in total. The molecule has 1 unspecified atom stereocenters. The quantitative estimate of drug-likeness (QED) is 0.882. The number of rotatable bonds is 2. The number of thioether (sulfide) groups is 1. The van der Waals surface area contributed by atoms with Gasteiger partial charge in [-0.1, -0.05) is 17.7 Å². The van der Waals surface area contributed by atoms with Gasteiger partial charge < -0.3 is 10.6 Å². The van der Waals surface area contributed by atoms with Crippen molar-refractivity contribution < 1.29 is 0 Å². The second kappa shape index (κ2) is 5.30. The highest BCUT2D eigenvalue weighted by Gasteiger charge is 2.20. The Morgan fingerprint density at radius 3 is 3.12 bits per heavy atom. The fraction of sp³-hybridized carbons (Fsp3) is 0.500. The van der Waals surface area contributed by atoms with Gasteiger partial charge in [0.2, 0.25) is 0 Å². The van der Waals surface area contributed by atoms with E-state index >= 15 is 0 Å². The normalized spacial score (nSPS) is 21.2. The maximum atomic E-state index is 6.15. The first-order chi connectivity index (χ1) is 7.72. The monoisotopic (exact) mass is 256 g/mol. The van der Waals surface area contributed by atoms with E-state index in [-0.39, 0.29) is 0 Å². The molecular weight excluding hydrogens is 240 g/mol.